The molecule has 0 radical (unpaired) electrons. The number of ether oxygens (including phenoxy) is 1. The van der Waals surface area contributed by atoms with E-state index < -0.39 is 6.10 Å². The highest BCUT2D eigenvalue weighted by atomic mass is 16.5. The summed E-state index contributed by atoms with van der Waals surface area (Å²) in [6.45, 7) is 5.22. The Labute approximate surface area is 136 Å². The molecule has 0 spiro atoms. The lowest BCUT2D eigenvalue weighted by Crippen LogP contribution is -2.40. The molecule has 1 aliphatic rings. The molecule has 23 heavy (non-hydrogen) atoms. The van der Waals surface area contributed by atoms with Gasteiger partial charge in [-0.2, -0.15) is 5.10 Å². The van der Waals surface area contributed by atoms with Crippen LogP contribution >= 0.6 is 0 Å². The van der Waals surface area contributed by atoms with E-state index in [-0.39, 0.29) is 5.91 Å². The van der Waals surface area contributed by atoms with Crippen LogP contribution < -0.4 is 4.74 Å². The molecule has 2 heterocycles. The summed E-state index contributed by atoms with van der Waals surface area (Å²) < 4.78 is 7.72. The fraction of sp³-hybridized carbons (Fsp3) is 0.444. The Morgan fingerprint density at radius 3 is 2.78 bits per heavy atom. The summed E-state index contributed by atoms with van der Waals surface area (Å²) >= 11 is 0. The zero-order valence-electron chi connectivity index (χ0n) is 14.0. The quantitative estimate of drug-likeness (QED) is 0.874. The molecule has 0 bridgehead atoms. The zero-order valence-corrected chi connectivity index (χ0v) is 14.0. The van der Waals surface area contributed by atoms with E-state index in [1.807, 2.05) is 60.9 Å². The van der Waals surface area contributed by atoms with E-state index in [0.29, 0.717) is 6.54 Å². The molecular weight excluding hydrogens is 290 g/mol. The number of benzene rings is 1. The van der Waals surface area contributed by atoms with Crippen LogP contribution in [-0.2, 0) is 24.8 Å². The molecule has 3 rings (SSSR count). The van der Waals surface area contributed by atoms with Gasteiger partial charge in [0.05, 0.1) is 6.20 Å². The SMILES string of the molecule is Cc1ccc(O[C@@H](C)C(=O)N2CCCc3c(cnn3C)C2)cc1. The van der Waals surface area contributed by atoms with Crippen molar-refractivity contribution in [3.8, 4) is 5.75 Å². The Balaban J connectivity index is 1.68. The molecule has 0 saturated heterocycles. The highest BCUT2D eigenvalue weighted by Crippen LogP contribution is 2.20. The lowest BCUT2D eigenvalue weighted by atomic mass is 10.2. The second-order valence-corrected chi connectivity index (χ2v) is 6.18. The molecule has 5 nitrogen and oxygen atoms in total. The van der Waals surface area contributed by atoms with Crippen molar-refractivity contribution in [2.75, 3.05) is 6.54 Å². The number of carbonyl (C=O) groups excluding carboxylic acids is 1. The highest BCUT2D eigenvalue weighted by Gasteiger charge is 2.25. The Hall–Kier alpha value is -2.30. The molecular formula is C18H23N3O2. The molecule has 1 amide bonds. The molecule has 5 heteroatoms. The number of hydrogen-bond acceptors (Lipinski definition) is 3. The van der Waals surface area contributed by atoms with Crippen LogP contribution in [0, 0.1) is 6.92 Å². The largest absolute Gasteiger partial charge is 0.481 e. The van der Waals surface area contributed by atoms with Crippen molar-refractivity contribution in [2.45, 2.75) is 39.3 Å². The van der Waals surface area contributed by atoms with Gasteiger partial charge in [0.1, 0.15) is 5.75 Å². The zero-order chi connectivity index (χ0) is 16.4. The molecule has 0 unspecified atom stereocenters. The van der Waals surface area contributed by atoms with Gasteiger partial charge in [0.25, 0.3) is 5.91 Å². The molecule has 1 atom stereocenters. The second kappa shape index (κ2) is 6.44. The van der Waals surface area contributed by atoms with Crippen LogP contribution in [0.25, 0.3) is 0 Å². The van der Waals surface area contributed by atoms with E-state index >= 15 is 0 Å². The van der Waals surface area contributed by atoms with Gasteiger partial charge in [0.15, 0.2) is 6.10 Å². The topological polar surface area (TPSA) is 47.4 Å². The minimum absolute atomic E-state index is 0.0299. The van der Waals surface area contributed by atoms with Crippen LogP contribution in [-0.4, -0.2) is 33.2 Å². The van der Waals surface area contributed by atoms with Crippen molar-refractivity contribution in [2.24, 2.45) is 7.05 Å². The number of carbonyl (C=O) groups is 1. The number of rotatable bonds is 3. The Morgan fingerprint density at radius 2 is 2.04 bits per heavy atom. The van der Waals surface area contributed by atoms with E-state index in [1.165, 1.54) is 11.3 Å². The third-order valence-electron chi connectivity index (χ3n) is 4.34. The molecule has 0 saturated carbocycles. The van der Waals surface area contributed by atoms with Crippen LogP contribution in [0.3, 0.4) is 0 Å². The van der Waals surface area contributed by atoms with E-state index in [1.54, 1.807) is 0 Å². The van der Waals surface area contributed by atoms with Crippen molar-refractivity contribution in [3.63, 3.8) is 0 Å². The van der Waals surface area contributed by atoms with Crippen molar-refractivity contribution in [1.29, 1.82) is 0 Å². The van der Waals surface area contributed by atoms with Gasteiger partial charge in [0, 0.05) is 31.4 Å². The smallest absolute Gasteiger partial charge is 0.263 e. The van der Waals surface area contributed by atoms with Gasteiger partial charge in [-0.25, -0.2) is 0 Å². The molecule has 122 valence electrons. The Morgan fingerprint density at radius 1 is 1.30 bits per heavy atom. The van der Waals surface area contributed by atoms with E-state index in [2.05, 4.69) is 5.10 Å². The first kappa shape index (κ1) is 15.6. The number of fused-ring (bicyclic) bond motifs is 1. The third-order valence-corrected chi connectivity index (χ3v) is 4.34. The van der Waals surface area contributed by atoms with Gasteiger partial charge >= 0.3 is 0 Å². The van der Waals surface area contributed by atoms with Gasteiger partial charge in [-0.05, 0) is 38.8 Å². The average Bonchev–Trinajstić information content (AvgIpc) is 2.76. The molecule has 1 aromatic carbocycles. The predicted octanol–water partition coefficient (Wildman–Crippen LogP) is 2.47. The minimum Gasteiger partial charge on any atom is -0.481 e. The third kappa shape index (κ3) is 3.38. The summed E-state index contributed by atoms with van der Waals surface area (Å²) in [5, 5.41) is 4.30. The van der Waals surface area contributed by atoms with Crippen LogP contribution in [0.15, 0.2) is 30.5 Å². The number of aromatic nitrogens is 2. The van der Waals surface area contributed by atoms with Gasteiger partial charge in [-0.15, -0.1) is 0 Å². The fourth-order valence-electron chi connectivity index (χ4n) is 3.00. The van der Waals surface area contributed by atoms with Crippen LogP contribution in [0.4, 0.5) is 0 Å². The first-order valence-corrected chi connectivity index (χ1v) is 8.06. The molecule has 1 aromatic heterocycles. The summed E-state index contributed by atoms with van der Waals surface area (Å²) in [7, 11) is 1.96. The summed E-state index contributed by atoms with van der Waals surface area (Å²) in [5.41, 5.74) is 3.54. The molecule has 0 aliphatic carbocycles. The van der Waals surface area contributed by atoms with E-state index in [0.717, 1.165) is 30.7 Å². The first-order valence-electron chi connectivity index (χ1n) is 8.06. The molecule has 1 aliphatic heterocycles. The van der Waals surface area contributed by atoms with Crippen LogP contribution in [0.2, 0.25) is 0 Å². The summed E-state index contributed by atoms with van der Waals surface area (Å²) in [5.74, 6) is 0.760. The van der Waals surface area contributed by atoms with Crippen LogP contribution in [0.1, 0.15) is 30.2 Å². The molecule has 0 fully saturated rings. The van der Waals surface area contributed by atoms with Crippen molar-refractivity contribution >= 4 is 5.91 Å². The maximum Gasteiger partial charge on any atom is 0.263 e. The van der Waals surface area contributed by atoms with Gasteiger partial charge in [-0.3, -0.25) is 9.48 Å². The van der Waals surface area contributed by atoms with Crippen LogP contribution in [0.5, 0.6) is 5.75 Å². The van der Waals surface area contributed by atoms with Crippen molar-refractivity contribution < 1.29 is 9.53 Å². The number of amides is 1. The predicted molar refractivity (Wildman–Crippen MR) is 88.2 cm³/mol. The van der Waals surface area contributed by atoms with Gasteiger partial charge in [-0.1, -0.05) is 17.7 Å². The van der Waals surface area contributed by atoms with Gasteiger partial charge in [0.2, 0.25) is 0 Å². The van der Waals surface area contributed by atoms with E-state index in [9.17, 15) is 4.79 Å². The summed E-state index contributed by atoms with van der Waals surface area (Å²) in [4.78, 5) is 14.6. The monoisotopic (exact) mass is 313 g/mol. The fourth-order valence-corrected chi connectivity index (χ4v) is 3.00. The Kier molecular flexibility index (Phi) is 4.37. The van der Waals surface area contributed by atoms with Gasteiger partial charge < -0.3 is 9.64 Å². The molecule has 2 aromatic rings. The number of aryl methyl sites for hydroxylation is 2. The number of hydrogen-bond donors (Lipinski definition) is 0. The summed E-state index contributed by atoms with van der Waals surface area (Å²) in [6.07, 6.45) is 3.29. The molecule has 0 N–H and O–H groups in total. The second-order valence-electron chi connectivity index (χ2n) is 6.18. The van der Waals surface area contributed by atoms with Crippen molar-refractivity contribution in [1.82, 2.24) is 14.7 Å². The lowest BCUT2D eigenvalue weighted by molar-refractivity contribution is -0.138. The van der Waals surface area contributed by atoms with Crippen molar-refractivity contribution in [3.05, 3.63) is 47.3 Å². The number of nitrogens with zero attached hydrogens (tertiary/aromatic N) is 3. The standard InChI is InChI=1S/C18H23N3O2/c1-13-6-8-16(9-7-13)23-14(2)18(22)21-10-4-5-17-15(12-21)11-19-20(17)3/h6-9,11,14H,4-5,10,12H2,1-3H3/t14-/m0/s1. The normalized spacial score (nSPS) is 15.7. The maximum absolute atomic E-state index is 12.7. The summed E-state index contributed by atoms with van der Waals surface area (Å²) in [6, 6.07) is 7.78. The average molecular weight is 313 g/mol. The lowest BCUT2D eigenvalue weighted by Gasteiger charge is -2.24. The Bertz CT molecular complexity index is 691. The highest BCUT2D eigenvalue weighted by molar-refractivity contribution is 5.81. The van der Waals surface area contributed by atoms with E-state index in [4.69, 9.17) is 4.74 Å². The minimum atomic E-state index is -0.490. The first-order chi connectivity index (χ1) is 11.0. The maximum atomic E-state index is 12.7.